The molecule has 0 fully saturated rings. The predicted octanol–water partition coefficient (Wildman–Crippen LogP) is 0.268. The van der Waals surface area contributed by atoms with E-state index in [1.165, 1.54) is 12.1 Å². The molecule has 1 atom stereocenters. The normalized spacial score (nSPS) is 11.6. The van der Waals surface area contributed by atoms with Crippen molar-refractivity contribution >= 4 is 17.6 Å². The highest BCUT2D eigenvalue weighted by molar-refractivity contribution is 5.96. The van der Waals surface area contributed by atoms with Crippen LogP contribution in [0, 0.1) is 10.1 Å². The maximum atomic E-state index is 11.4. The molecule has 8 heteroatoms. The van der Waals surface area contributed by atoms with Crippen LogP contribution in [0.5, 0.6) is 0 Å². The topological polar surface area (TPSA) is 127 Å². The average Bonchev–Trinajstić information content (AvgIpc) is 2.35. The molecule has 19 heavy (non-hydrogen) atoms. The van der Waals surface area contributed by atoms with Crippen molar-refractivity contribution in [2.75, 3.05) is 0 Å². The summed E-state index contributed by atoms with van der Waals surface area (Å²) in [5, 5.41) is 15.4. The maximum Gasteiger partial charge on any atom is 0.318 e. The number of nitro benzene ring substituents is 1. The number of carbonyl (C=O) groups is 2. The van der Waals surface area contributed by atoms with Gasteiger partial charge in [-0.2, -0.15) is 0 Å². The van der Waals surface area contributed by atoms with Gasteiger partial charge in [0.2, 0.25) is 5.91 Å². The number of urea groups is 1. The third-order valence-corrected chi connectivity index (χ3v) is 2.37. The molecule has 1 aromatic carbocycles. The number of rotatable bonds is 5. The van der Waals surface area contributed by atoms with E-state index in [-0.39, 0.29) is 12.2 Å². The van der Waals surface area contributed by atoms with Crippen molar-refractivity contribution in [3.8, 4) is 0 Å². The van der Waals surface area contributed by atoms with Gasteiger partial charge in [-0.05, 0) is 12.5 Å². The van der Waals surface area contributed by atoms with E-state index in [0.717, 1.165) is 0 Å². The number of primary amides is 1. The van der Waals surface area contributed by atoms with E-state index in [1.54, 1.807) is 19.1 Å². The fraction of sp³-hybridized carbons (Fsp3) is 0.273. The molecule has 0 bridgehead atoms. The van der Waals surface area contributed by atoms with Crippen molar-refractivity contribution in [1.82, 2.24) is 10.6 Å². The van der Waals surface area contributed by atoms with Gasteiger partial charge in [0.25, 0.3) is 5.69 Å². The average molecular weight is 266 g/mol. The molecule has 1 aromatic rings. The SMILES string of the molecule is CC(NCc1cccc([N+](=O)[O-])c1)C(=O)NC(N)=O. The number of carbonyl (C=O) groups excluding carboxylic acids is 2. The molecule has 0 saturated heterocycles. The van der Waals surface area contributed by atoms with Gasteiger partial charge in [-0.15, -0.1) is 0 Å². The molecule has 4 N–H and O–H groups in total. The van der Waals surface area contributed by atoms with Gasteiger partial charge in [0, 0.05) is 18.7 Å². The minimum absolute atomic E-state index is 0.0199. The maximum absolute atomic E-state index is 11.4. The number of hydrogen-bond donors (Lipinski definition) is 3. The third kappa shape index (κ3) is 4.72. The van der Waals surface area contributed by atoms with Gasteiger partial charge in [-0.1, -0.05) is 12.1 Å². The van der Waals surface area contributed by atoms with Crippen LogP contribution in [-0.4, -0.2) is 22.9 Å². The van der Waals surface area contributed by atoms with Crippen molar-refractivity contribution in [1.29, 1.82) is 0 Å². The fourth-order valence-electron chi connectivity index (χ4n) is 1.37. The summed E-state index contributed by atoms with van der Waals surface area (Å²) in [5.41, 5.74) is 5.46. The van der Waals surface area contributed by atoms with Crippen molar-refractivity contribution < 1.29 is 14.5 Å². The highest BCUT2D eigenvalue weighted by Crippen LogP contribution is 2.12. The summed E-state index contributed by atoms with van der Waals surface area (Å²) in [7, 11) is 0. The first-order valence-electron chi connectivity index (χ1n) is 5.47. The number of imide groups is 1. The number of non-ortho nitro benzene ring substituents is 1. The Bertz CT molecular complexity index is 503. The monoisotopic (exact) mass is 266 g/mol. The Balaban J connectivity index is 2.57. The van der Waals surface area contributed by atoms with Gasteiger partial charge in [-0.3, -0.25) is 20.2 Å². The van der Waals surface area contributed by atoms with Crippen molar-refractivity contribution in [3.63, 3.8) is 0 Å². The molecule has 8 nitrogen and oxygen atoms in total. The van der Waals surface area contributed by atoms with E-state index in [4.69, 9.17) is 5.73 Å². The van der Waals surface area contributed by atoms with Crippen LogP contribution in [0.2, 0.25) is 0 Å². The molecule has 1 rings (SSSR count). The largest absolute Gasteiger partial charge is 0.351 e. The summed E-state index contributed by atoms with van der Waals surface area (Å²) in [4.78, 5) is 32.0. The standard InChI is InChI=1S/C11H14N4O4/c1-7(10(16)14-11(12)17)13-6-8-3-2-4-9(5-8)15(18)19/h2-5,7,13H,6H2,1H3,(H3,12,14,16,17). The van der Waals surface area contributed by atoms with E-state index in [0.29, 0.717) is 5.56 Å². The second kappa shape index (κ2) is 6.45. The molecular weight excluding hydrogens is 252 g/mol. The Morgan fingerprint density at radius 1 is 1.47 bits per heavy atom. The molecule has 0 aliphatic heterocycles. The number of nitro groups is 1. The zero-order valence-corrected chi connectivity index (χ0v) is 10.3. The highest BCUT2D eigenvalue weighted by Gasteiger charge is 2.14. The molecule has 102 valence electrons. The Labute approximate surface area is 109 Å². The van der Waals surface area contributed by atoms with Gasteiger partial charge < -0.3 is 11.1 Å². The molecule has 0 radical (unpaired) electrons. The molecule has 0 aromatic heterocycles. The lowest BCUT2D eigenvalue weighted by Gasteiger charge is -2.12. The molecule has 0 heterocycles. The van der Waals surface area contributed by atoms with Gasteiger partial charge in [-0.25, -0.2) is 4.79 Å². The molecule has 0 aliphatic carbocycles. The lowest BCUT2D eigenvalue weighted by molar-refractivity contribution is -0.384. The molecule has 0 saturated carbocycles. The predicted molar refractivity (Wildman–Crippen MR) is 67.1 cm³/mol. The summed E-state index contributed by atoms with van der Waals surface area (Å²) >= 11 is 0. The smallest absolute Gasteiger partial charge is 0.318 e. The summed E-state index contributed by atoms with van der Waals surface area (Å²) in [5.74, 6) is -0.557. The van der Waals surface area contributed by atoms with E-state index in [1.807, 2.05) is 5.32 Å². The Morgan fingerprint density at radius 2 is 2.16 bits per heavy atom. The minimum Gasteiger partial charge on any atom is -0.351 e. The molecule has 0 aliphatic rings. The zero-order chi connectivity index (χ0) is 14.4. The third-order valence-electron chi connectivity index (χ3n) is 2.37. The highest BCUT2D eigenvalue weighted by atomic mass is 16.6. The number of benzene rings is 1. The lowest BCUT2D eigenvalue weighted by Crippen LogP contribution is -2.46. The number of hydrogen-bond acceptors (Lipinski definition) is 5. The van der Waals surface area contributed by atoms with Gasteiger partial charge in [0.15, 0.2) is 0 Å². The van der Waals surface area contributed by atoms with Gasteiger partial charge in [0.1, 0.15) is 0 Å². The van der Waals surface area contributed by atoms with Crippen molar-refractivity contribution in [2.45, 2.75) is 19.5 Å². The number of amides is 3. The van der Waals surface area contributed by atoms with E-state index < -0.39 is 22.9 Å². The van der Waals surface area contributed by atoms with Gasteiger partial charge >= 0.3 is 6.03 Å². The van der Waals surface area contributed by atoms with Crippen LogP contribution in [0.25, 0.3) is 0 Å². The van der Waals surface area contributed by atoms with Crippen LogP contribution in [-0.2, 0) is 11.3 Å². The van der Waals surface area contributed by atoms with Crippen LogP contribution >= 0.6 is 0 Å². The number of nitrogens with two attached hydrogens (primary N) is 1. The summed E-state index contributed by atoms with van der Waals surface area (Å²) in [6, 6.07) is 4.47. The minimum atomic E-state index is -0.922. The summed E-state index contributed by atoms with van der Waals surface area (Å²) in [6.45, 7) is 1.81. The molecular formula is C11H14N4O4. The Hall–Kier alpha value is -2.48. The summed E-state index contributed by atoms with van der Waals surface area (Å²) < 4.78 is 0. The van der Waals surface area contributed by atoms with E-state index >= 15 is 0 Å². The van der Waals surface area contributed by atoms with Crippen LogP contribution in [0.15, 0.2) is 24.3 Å². The number of nitrogens with one attached hydrogen (secondary N) is 2. The molecule has 1 unspecified atom stereocenters. The van der Waals surface area contributed by atoms with Crippen LogP contribution < -0.4 is 16.4 Å². The second-order valence-electron chi connectivity index (χ2n) is 3.88. The van der Waals surface area contributed by atoms with Crippen LogP contribution in [0.4, 0.5) is 10.5 Å². The zero-order valence-electron chi connectivity index (χ0n) is 10.3. The summed E-state index contributed by atoms with van der Waals surface area (Å²) in [6.07, 6.45) is 0. The molecule has 0 spiro atoms. The quantitative estimate of drug-likeness (QED) is 0.520. The second-order valence-corrected chi connectivity index (χ2v) is 3.88. The van der Waals surface area contributed by atoms with Crippen LogP contribution in [0.3, 0.4) is 0 Å². The lowest BCUT2D eigenvalue weighted by atomic mass is 10.2. The van der Waals surface area contributed by atoms with Crippen molar-refractivity contribution in [3.05, 3.63) is 39.9 Å². The van der Waals surface area contributed by atoms with Gasteiger partial charge in [0.05, 0.1) is 11.0 Å². The fourth-order valence-corrected chi connectivity index (χ4v) is 1.37. The first kappa shape index (κ1) is 14.6. The first-order valence-corrected chi connectivity index (χ1v) is 5.47. The number of nitrogens with zero attached hydrogens (tertiary/aromatic N) is 1. The first-order chi connectivity index (χ1) is 8.90. The Morgan fingerprint density at radius 3 is 2.74 bits per heavy atom. The molecule has 3 amide bonds. The van der Waals surface area contributed by atoms with Crippen LogP contribution in [0.1, 0.15) is 12.5 Å². The van der Waals surface area contributed by atoms with Crippen molar-refractivity contribution in [2.24, 2.45) is 5.73 Å². The van der Waals surface area contributed by atoms with E-state index in [9.17, 15) is 19.7 Å². The Kier molecular flexibility index (Phi) is 4.95. The van der Waals surface area contributed by atoms with E-state index in [2.05, 4.69) is 5.32 Å².